The molecule has 1 saturated carbocycles. The standard InChI is InChI=1S/C21H26NO5P/c1-16-12-14-20(15-13-16)27-28(24,26-19-10-4-3-5-11-19)22-17(2)21(23)25-18-8-6-7-9-18/h3-5,10-15,17-18H,6-9H2,1-2H3,(H,22,24)/t17-,28-/m0/s1. The van der Waals surface area contributed by atoms with Gasteiger partial charge < -0.3 is 13.8 Å². The van der Waals surface area contributed by atoms with Gasteiger partial charge in [-0.05, 0) is 63.8 Å². The molecule has 6 nitrogen and oxygen atoms in total. The van der Waals surface area contributed by atoms with E-state index in [1.165, 1.54) is 0 Å². The highest BCUT2D eigenvalue weighted by molar-refractivity contribution is 7.52. The highest BCUT2D eigenvalue weighted by Gasteiger charge is 2.34. The van der Waals surface area contributed by atoms with Gasteiger partial charge >= 0.3 is 13.7 Å². The Kier molecular flexibility index (Phi) is 6.76. The van der Waals surface area contributed by atoms with E-state index < -0.39 is 19.8 Å². The molecule has 0 bridgehead atoms. The fourth-order valence-electron chi connectivity index (χ4n) is 2.99. The van der Waals surface area contributed by atoms with Crippen molar-refractivity contribution in [3.8, 4) is 11.5 Å². The van der Waals surface area contributed by atoms with Crippen molar-refractivity contribution >= 4 is 13.7 Å². The van der Waals surface area contributed by atoms with Gasteiger partial charge in [-0.1, -0.05) is 35.9 Å². The summed E-state index contributed by atoms with van der Waals surface area (Å²) < 4.78 is 30.2. The minimum Gasteiger partial charge on any atom is -0.461 e. The van der Waals surface area contributed by atoms with Crippen LogP contribution in [0.15, 0.2) is 54.6 Å². The Morgan fingerprint density at radius 2 is 1.57 bits per heavy atom. The maximum atomic E-state index is 13.4. The predicted octanol–water partition coefficient (Wildman–Crippen LogP) is 5.02. The number of carbonyl (C=O) groups excluding carboxylic acids is 1. The SMILES string of the molecule is Cc1ccc(O[P@](=O)(N[C@@H](C)C(=O)OC2CCCC2)Oc2ccccc2)cc1. The van der Waals surface area contributed by atoms with E-state index in [0.717, 1.165) is 31.2 Å². The van der Waals surface area contributed by atoms with Crippen LogP contribution in [0.4, 0.5) is 0 Å². The van der Waals surface area contributed by atoms with Crippen LogP contribution < -0.4 is 14.1 Å². The van der Waals surface area contributed by atoms with Crippen molar-refractivity contribution in [3.63, 3.8) is 0 Å². The number of nitrogens with one attached hydrogen (secondary N) is 1. The molecule has 1 aliphatic carbocycles. The van der Waals surface area contributed by atoms with Crippen LogP contribution in [0.5, 0.6) is 11.5 Å². The minimum absolute atomic E-state index is 0.0656. The summed E-state index contributed by atoms with van der Waals surface area (Å²) >= 11 is 0. The van der Waals surface area contributed by atoms with Crippen molar-refractivity contribution in [2.45, 2.75) is 51.7 Å². The first-order chi connectivity index (χ1) is 13.4. The number of ether oxygens (including phenoxy) is 1. The second-order valence-electron chi connectivity index (χ2n) is 7.00. The molecule has 2 atom stereocenters. The van der Waals surface area contributed by atoms with E-state index in [0.29, 0.717) is 11.5 Å². The van der Waals surface area contributed by atoms with Gasteiger partial charge in [-0.15, -0.1) is 0 Å². The van der Waals surface area contributed by atoms with Crippen molar-refractivity contribution in [1.29, 1.82) is 0 Å². The van der Waals surface area contributed by atoms with Crippen molar-refractivity contribution in [1.82, 2.24) is 5.09 Å². The van der Waals surface area contributed by atoms with Crippen molar-refractivity contribution in [3.05, 3.63) is 60.2 Å². The van der Waals surface area contributed by atoms with Gasteiger partial charge in [0.25, 0.3) is 0 Å². The highest BCUT2D eigenvalue weighted by Crippen LogP contribution is 2.45. The average Bonchev–Trinajstić information content (AvgIpc) is 3.17. The summed E-state index contributed by atoms with van der Waals surface area (Å²) in [6, 6.07) is 15.0. The fraction of sp³-hybridized carbons (Fsp3) is 0.381. The van der Waals surface area contributed by atoms with E-state index in [1.807, 2.05) is 25.1 Å². The molecular formula is C21H26NO5P. The molecule has 2 aromatic rings. The number of carbonyl (C=O) groups is 1. The van der Waals surface area contributed by atoms with Crippen LogP contribution in [0.25, 0.3) is 0 Å². The third-order valence-corrected chi connectivity index (χ3v) is 6.11. The number of para-hydroxylation sites is 1. The number of esters is 1. The van der Waals surface area contributed by atoms with Crippen LogP contribution in [0.1, 0.15) is 38.2 Å². The van der Waals surface area contributed by atoms with Gasteiger partial charge in [-0.3, -0.25) is 4.79 Å². The lowest BCUT2D eigenvalue weighted by Crippen LogP contribution is -2.37. The van der Waals surface area contributed by atoms with E-state index in [2.05, 4.69) is 5.09 Å². The molecule has 0 saturated heterocycles. The zero-order valence-corrected chi connectivity index (χ0v) is 17.1. The number of benzene rings is 2. The highest BCUT2D eigenvalue weighted by atomic mass is 31.2. The molecular weight excluding hydrogens is 377 g/mol. The van der Waals surface area contributed by atoms with Crippen LogP contribution >= 0.6 is 7.75 Å². The molecule has 3 rings (SSSR count). The summed E-state index contributed by atoms with van der Waals surface area (Å²) in [6.07, 6.45) is 3.80. The van der Waals surface area contributed by atoms with Gasteiger partial charge in [0, 0.05) is 0 Å². The number of hydrogen-bond acceptors (Lipinski definition) is 5. The Bertz CT molecular complexity index is 818. The molecule has 0 unspecified atom stereocenters. The molecule has 1 fully saturated rings. The number of rotatable bonds is 8. The normalized spacial score (nSPS) is 17.5. The Labute approximate surface area is 165 Å². The van der Waals surface area contributed by atoms with E-state index in [4.69, 9.17) is 13.8 Å². The molecule has 0 heterocycles. The quantitative estimate of drug-likeness (QED) is 0.493. The molecule has 0 amide bonds. The first-order valence-electron chi connectivity index (χ1n) is 9.53. The van der Waals surface area contributed by atoms with Crippen molar-refractivity contribution in [2.75, 3.05) is 0 Å². The van der Waals surface area contributed by atoms with Crippen LogP contribution in [-0.4, -0.2) is 18.1 Å². The maximum absolute atomic E-state index is 13.4. The van der Waals surface area contributed by atoms with E-state index in [-0.39, 0.29) is 6.10 Å². The van der Waals surface area contributed by atoms with Gasteiger partial charge in [-0.25, -0.2) is 4.57 Å². The molecule has 7 heteroatoms. The van der Waals surface area contributed by atoms with Gasteiger partial charge in [0.1, 0.15) is 23.6 Å². The molecule has 150 valence electrons. The topological polar surface area (TPSA) is 73.9 Å². The Hall–Kier alpha value is -2.30. The zero-order valence-electron chi connectivity index (χ0n) is 16.2. The fourth-order valence-corrected chi connectivity index (χ4v) is 4.51. The van der Waals surface area contributed by atoms with E-state index >= 15 is 0 Å². The maximum Gasteiger partial charge on any atom is 0.513 e. The second-order valence-corrected chi connectivity index (χ2v) is 8.62. The summed E-state index contributed by atoms with van der Waals surface area (Å²) in [7, 11) is -3.88. The van der Waals surface area contributed by atoms with E-state index in [1.54, 1.807) is 43.3 Å². The van der Waals surface area contributed by atoms with Gasteiger partial charge in [0.05, 0.1) is 0 Å². The van der Waals surface area contributed by atoms with Crippen LogP contribution in [0, 0.1) is 6.92 Å². The smallest absolute Gasteiger partial charge is 0.461 e. The lowest BCUT2D eigenvalue weighted by Gasteiger charge is -2.24. The second kappa shape index (κ2) is 9.26. The molecule has 1 N–H and O–H groups in total. The van der Waals surface area contributed by atoms with Crippen LogP contribution in [0.3, 0.4) is 0 Å². The first kappa shape index (κ1) is 20.4. The zero-order chi connectivity index (χ0) is 20.0. The van der Waals surface area contributed by atoms with Crippen LogP contribution in [-0.2, 0) is 14.1 Å². The molecule has 0 spiro atoms. The lowest BCUT2D eigenvalue weighted by molar-refractivity contribution is -0.150. The molecule has 0 aliphatic heterocycles. The van der Waals surface area contributed by atoms with E-state index in [9.17, 15) is 9.36 Å². The summed E-state index contributed by atoms with van der Waals surface area (Å²) in [6.45, 7) is 3.54. The predicted molar refractivity (Wildman–Crippen MR) is 107 cm³/mol. The lowest BCUT2D eigenvalue weighted by atomic mass is 10.2. The number of hydrogen-bond donors (Lipinski definition) is 1. The van der Waals surface area contributed by atoms with Crippen molar-refractivity contribution in [2.24, 2.45) is 0 Å². The van der Waals surface area contributed by atoms with Gasteiger partial charge in [0.15, 0.2) is 0 Å². The molecule has 0 aromatic heterocycles. The monoisotopic (exact) mass is 403 g/mol. The van der Waals surface area contributed by atoms with Gasteiger partial charge in [-0.2, -0.15) is 5.09 Å². The largest absolute Gasteiger partial charge is 0.513 e. The first-order valence-corrected chi connectivity index (χ1v) is 11.1. The summed E-state index contributed by atoms with van der Waals surface area (Å²) in [5.74, 6) is 0.298. The summed E-state index contributed by atoms with van der Waals surface area (Å²) in [5, 5.41) is 2.72. The summed E-state index contributed by atoms with van der Waals surface area (Å²) in [4.78, 5) is 12.4. The van der Waals surface area contributed by atoms with Gasteiger partial charge in [0.2, 0.25) is 0 Å². The molecule has 1 aliphatic rings. The third-order valence-electron chi connectivity index (χ3n) is 4.51. The third kappa shape index (κ3) is 5.85. The Balaban J connectivity index is 1.73. The molecule has 28 heavy (non-hydrogen) atoms. The minimum atomic E-state index is -3.88. The Morgan fingerprint density at radius 3 is 2.18 bits per heavy atom. The van der Waals surface area contributed by atoms with Crippen LogP contribution in [0.2, 0.25) is 0 Å². The average molecular weight is 403 g/mol. The number of aryl methyl sites for hydroxylation is 1. The summed E-state index contributed by atoms with van der Waals surface area (Å²) in [5.41, 5.74) is 1.05. The Morgan fingerprint density at radius 1 is 1.00 bits per heavy atom. The molecule has 2 aromatic carbocycles. The molecule has 0 radical (unpaired) electrons. The van der Waals surface area contributed by atoms with Crippen molar-refractivity contribution < 1.29 is 23.1 Å².